The van der Waals surface area contributed by atoms with Crippen LogP contribution in [0.1, 0.15) is 12.8 Å². The van der Waals surface area contributed by atoms with Gasteiger partial charge in [-0.2, -0.15) is 0 Å². The summed E-state index contributed by atoms with van der Waals surface area (Å²) in [6, 6.07) is 0.380. The first kappa shape index (κ1) is 10.9. The summed E-state index contributed by atoms with van der Waals surface area (Å²) in [5.74, 6) is 0.662. The second-order valence-electron chi connectivity index (χ2n) is 4.70. The molecule has 2 rings (SSSR count). The number of likely N-dealkylation sites (tertiary alicyclic amines) is 1. The largest absolute Gasteiger partial charge is 0.329 e. The fourth-order valence-corrected chi connectivity index (χ4v) is 2.67. The highest BCUT2D eigenvalue weighted by Crippen LogP contribution is 2.23. The van der Waals surface area contributed by atoms with Gasteiger partial charge in [0.1, 0.15) is 0 Å². The van der Waals surface area contributed by atoms with Gasteiger partial charge in [0, 0.05) is 25.7 Å². The third-order valence-electron chi connectivity index (χ3n) is 3.71. The first-order valence-corrected chi connectivity index (χ1v) is 5.85. The molecule has 1 atom stereocenters. The standard InChI is InChI=1S/C11H20N3O/c1-13-5-2-10(3-6-13)11-8-12-4-7-14(11)9-15/h10-12H,2-8H2,1H3. The van der Waals surface area contributed by atoms with Crippen LogP contribution >= 0.6 is 0 Å². The molecule has 0 aliphatic carbocycles. The fraction of sp³-hybridized carbons (Fsp3) is 0.909. The average molecular weight is 210 g/mol. The summed E-state index contributed by atoms with van der Waals surface area (Å²) in [5, 5.41) is 3.37. The van der Waals surface area contributed by atoms with E-state index in [1.807, 2.05) is 4.90 Å². The van der Waals surface area contributed by atoms with Gasteiger partial charge in [-0.1, -0.05) is 0 Å². The van der Waals surface area contributed by atoms with Gasteiger partial charge in [0.2, 0.25) is 0 Å². The zero-order valence-corrected chi connectivity index (χ0v) is 9.41. The number of hydrogen-bond acceptors (Lipinski definition) is 3. The van der Waals surface area contributed by atoms with Crippen LogP contribution in [0.25, 0.3) is 0 Å². The minimum absolute atomic E-state index is 0.380. The van der Waals surface area contributed by atoms with Crippen LogP contribution in [-0.4, -0.2) is 62.0 Å². The zero-order valence-electron chi connectivity index (χ0n) is 9.41. The first-order chi connectivity index (χ1) is 7.31. The lowest BCUT2D eigenvalue weighted by molar-refractivity contribution is 0.120. The van der Waals surface area contributed by atoms with Crippen molar-refractivity contribution in [3.05, 3.63) is 0 Å². The van der Waals surface area contributed by atoms with Gasteiger partial charge in [-0.3, -0.25) is 4.79 Å². The molecule has 1 radical (unpaired) electrons. The minimum atomic E-state index is 0.380. The van der Waals surface area contributed by atoms with E-state index in [-0.39, 0.29) is 0 Å². The molecule has 1 unspecified atom stereocenters. The molecule has 4 nitrogen and oxygen atoms in total. The van der Waals surface area contributed by atoms with Gasteiger partial charge in [-0.15, -0.1) is 0 Å². The van der Waals surface area contributed by atoms with Crippen molar-refractivity contribution in [2.45, 2.75) is 18.9 Å². The monoisotopic (exact) mass is 210 g/mol. The number of piperazine rings is 1. The molecule has 0 spiro atoms. The van der Waals surface area contributed by atoms with E-state index in [0.29, 0.717) is 12.0 Å². The molecule has 1 N–H and O–H groups in total. The molecule has 0 saturated carbocycles. The Morgan fingerprint density at radius 1 is 1.27 bits per heavy atom. The van der Waals surface area contributed by atoms with Gasteiger partial charge < -0.3 is 15.1 Å². The summed E-state index contributed by atoms with van der Waals surface area (Å²) in [6.45, 7) is 5.00. The number of piperidine rings is 1. The predicted molar refractivity (Wildman–Crippen MR) is 59.3 cm³/mol. The summed E-state index contributed by atoms with van der Waals surface area (Å²) in [5.41, 5.74) is 0. The maximum absolute atomic E-state index is 10.8. The number of nitrogens with one attached hydrogen (secondary N) is 1. The topological polar surface area (TPSA) is 35.6 Å². The number of amides is 1. The Morgan fingerprint density at radius 3 is 2.67 bits per heavy atom. The highest BCUT2D eigenvalue weighted by Gasteiger charge is 2.31. The van der Waals surface area contributed by atoms with E-state index in [9.17, 15) is 4.79 Å². The van der Waals surface area contributed by atoms with E-state index < -0.39 is 0 Å². The van der Waals surface area contributed by atoms with Gasteiger partial charge in [-0.05, 0) is 38.9 Å². The minimum Gasteiger partial charge on any atom is -0.329 e. The van der Waals surface area contributed by atoms with Crippen molar-refractivity contribution >= 4 is 6.41 Å². The Balaban J connectivity index is 1.92. The quantitative estimate of drug-likeness (QED) is 0.678. The summed E-state index contributed by atoms with van der Waals surface area (Å²) in [7, 11) is 2.17. The molecule has 2 aliphatic rings. The van der Waals surface area contributed by atoms with Gasteiger partial charge in [0.25, 0.3) is 0 Å². The van der Waals surface area contributed by atoms with Crippen molar-refractivity contribution in [1.82, 2.24) is 15.1 Å². The molecular formula is C11H20N3O. The van der Waals surface area contributed by atoms with Gasteiger partial charge in [0.15, 0.2) is 0 Å². The fourth-order valence-electron chi connectivity index (χ4n) is 2.67. The highest BCUT2D eigenvalue weighted by molar-refractivity contribution is 5.49. The third-order valence-corrected chi connectivity index (χ3v) is 3.71. The number of nitrogens with zero attached hydrogens (tertiary/aromatic N) is 2. The summed E-state index contributed by atoms with van der Waals surface area (Å²) < 4.78 is 0. The van der Waals surface area contributed by atoms with Crippen molar-refractivity contribution in [3.63, 3.8) is 0 Å². The lowest BCUT2D eigenvalue weighted by Gasteiger charge is -2.41. The van der Waals surface area contributed by atoms with E-state index in [0.717, 1.165) is 32.7 Å². The van der Waals surface area contributed by atoms with Crippen LogP contribution in [0.15, 0.2) is 0 Å². The van der Waals surface area contributed by atoms with Crippen LogP contribution in [-0.2, 0) is 4.79 Å². The summed E-state index contributed by atoms with van der Waals surface area (Å²) >= 11 is 0. The van der Waals surface area contributed by atoms with Crippen LogP contribution in [0.2, 0.25) is 0 Å². The summed E-state index contributed by atoms with van der Waals surface area (Å²) in [6.07, 6.45) is 4.51. The number of rotatable bonds is 2. The van der Waals surface area contributed by atoms with Crippen LogP contribution in [0.5, 0.6) is 0 Å². The van der Waals surface area contributed by atoms with E-state index in [1.165, 1.54) is 12.8 Å². The van der Waals surface area contributed by atoms with Crippen molar-refractivity contribution in [3.8, 4) is 0 Å². The Hall–Kier alpha value is -0.610. The lowest BCUT2D eigenvalue weighted by atomic mass is 9.88. The molecule has 4 heteroatoms. The Labute approximate surface area is 91.6 Å². The number of hydrogen-bond donors (Lipinski definition) is 1. The molecule has 85 valence electrons. The molecule has 2 aliphatic heterocycles. The molecule has 2 saturated heterocycles. The molecule has 0 aromatic rings. The molecule has 15 heavy (non-hydrogen) atoms. The Bertz CT molecular complexity index is 214. The van der Waals surface area contributed by atoms with Gasteiger partial charge in [0.05, 0.1) is 0 Å². The van der Waals surface area contributed by atoms with E-state index in [2.05, 4.69) is 23.7 Å². The third kappa shape index (κ3) is 2.49. The van der Waals surface area contributed by atoms with E-state index in [1.54, 1.807) is 0 Å². The van der Waals surface area contributed by atoms with Crippen LogP contribution < -0.4 is 5.32 Å². The van der Waals surface area contributed by atoms with Crippen molar-refractivity contribution in [2.24, 2.45) is 5.92 Å². The normalized spacial score (nSPS) is 30.5. The van der Waals surface area contributed by atoms with Crippen molar-refractivity contribution in [1.29, 1.82) is 0 Å². The summed E-state index contributed by atoms with van der Waals surface area (Å²) in [4.78, 5) is 15.1. The average Bonchev–Trinajstić information content (AvgIpc) is 2.30. The molecule has 0 bridgehead atoms. The molecule has 0 aromatic carbocycles. The first-order valence-electron chi connectivity index (χ1n) is 5.85. The molecule has 0 aromatic heterocycles. The molecule has 2 fully saturated rings. The SMILES string of the molecule is CN1CCC(C2CNCCN2[C]=O)CC1. The number of carbonyl (C=O) groups excluding carboxylic acids is 1. The van der Waals surface area contributed by atoms with Crippen LogP contribution in [0.4, 0.5) is 0 Å². The molecular weight excluding hydrogens is 190 g/mol. The van der Waals surface area contributed by atoms with Crippen molar-refractivity contribution in [2.75, 3.05) is 39.8 Å². The Kier molecular flexibility index (Phi) is 3.59. The predicted octanol–water partition coefficient (Wildman–Crippen LogP) is -0.331. The van der Waals surface area contributed by atoms with E-state index >= 15 is 0 Å². The smallest absolute Gasteiger partial charge is 0.312 e. The zero-order chi connectivity index (χ0) is 10.7. The molecule has 2 heterocycles. The van der Waals surface area contributed by atoms with Gasteiger partial charge >= 0.3 is 6.41 Å². The van der Waals surface area contributed by atoms with Crippen LogP contribution in [0.3, 0.4) is 0 Å². The van der Waals surface area contributed by atoms with Crippen LogP contribution in [0, 0.1) is 5.92 Å². The van der Waals surface area contributed by atoms with Gasteiger partial charge in [-0.25, -0.2) is 0 Å². The Morgan fingerprint density at radius 2 is 2.00 bits per heavy atom. The van der Waals surface area contributed by atoms with Crippen molar-refractivity contribution < 1.29 is 4.79 Å². The maximum atomic E-state index is 10.8. The second-order valence-corrected chi connectivity index (χ2v) is 4.70. The molecule has 1 amide bonds. The maximum Gasteiger partial charge on any atom is 0.312 e. The lowest BCUT2D eigenvalue weighted by Crippen LogP contribution is -2.55. The second kappa shape index (κ2) is 4.94. The van der Waals surface area contributed by atoms with E-state index in [4.69, 9.17) is 0 Å². The highest BCUT2D eigenvalue weighted by atomic mass is 16.1.